The van der Waals surface area contributed by atoms with Crippen molar-refractivity contribution in [2.75, 3.05) is 24.5 Å². The predicted octanol–water partition coefficient (Wildman–Crippen LogP) is 2.52. The molecule has 3 heterocycles. The summed E-state index contributed by atoms with van der Waals surface area (Å²) in [6.45, 7) is 1.21. The van der Waals surface area contributed by atoms with E-state index in [0.29, 0.717) is 31.6 Å². The first-order valence-corrected chi connectivity index (χ1v) is 9.13. The Kier molecular flexibility index (Phi) is 4.99. The topological polar surface area (TPSA) is 82.8 Å². The van der Waals surface area contributed by atoms with Crippen LogP contribution in [-0.2, 0) is 17.5 Å². The van der Waals surface area contributed by atoms with Crippen LogP contribution in [0.2, 0.25) is 0 Å². The summed E-state index contributed by atoms with van der Waals surface area (Å²) in [6.07, 6.45) is -3.46. The van der Waals surface area contributed by atoms with Gasteiger partial charge in [0.25, 0.3) is 5.91 Å². The number of carbonyl (C=O) groups is 2. The van der Waals surface area contributed by atoms with Crippen LogP contribution in [0.5, 0.6) is 0 Å². The lowest BCUT2D eigenvalue weighted by atomic mass is 10.0. The van der Waals surface area contributed by atoms with Gasteiger partial charge in [-0.2, -0.15) is 13.2 Å². The van der Waals surface area contributed by atoms with Crippen molar-refractivity contribution in [3.8, 4) is 0 Å². The molecule has 0 N–H and O–H groups in total. The maximum Gasteiger partial charge on any atom is 0.470 e. The van der Waals surface area contributed by atoms with Crippen molar-refractivity contribution >= 4 is 17.6 Å². The molecule has 0 bridgehead atoms. The van der Waals surface area contributed by atoms with Gasteiger partial charge in [-0.05, 0) is 25.0 Å². The maximum atomic E-state index is 12.8. The van der Waals surface area contributed by atoms with Gasteiger partial charge in [0.15, 0.2) is 0 Å². The van der Waals surface area contributed by atoms with Gasteiger partial charge in [0.2, 0.25) is 5.89 Å². The fourth-order valence-electron chi connectivity index (χ4n) is 3.65. The number of nitrogens with zero attached hydrogens (tertiary/aromatic N) is 5. The number of anilines is 1. The summed E-state index contributed by atoms with van der Waals surface area (Å²) in [5.41, 5.74) is 0.541. The van der Waals surface area contributed by atoms with Crippen molar-refractivity contribution in [2.45, 2.75) is 31.6 Å². The smallest absolute Gasteiger partial charge is 0.416 e. The third-order valence-electron chi connectivity index (χ3n) is 5.07. The van der Waals surface area contributed by atoms with E-state index in [1.54, 1.807) is 29.2 Å². The first kappa shape index (κ1) is 19.4. The number of aromatic nitrogens is 2. The summed E-state index contributed by atoms with van der Waals surface area (Å²) >= 11 is 0. The summed E-state index contributed by atoms with van der Waals surface area (Å²) in [6, 6.07) is 8.31. The van der Waals surface area contributed by atoms with Gasteiger partial charge < -0.3 is 9.32 Å². The molecule has 2 aliphatic rings. The van der Waals surface area contributed by atoms with Crippen LogP contribution in [0.3, 0.4) is 0 Å². The lowest BCUT2D eigenvalue weighted by Crippen LogP contribution is -2.46. The Hall–Kier alpha value is -2.95. The summed E-state index contributed by atoms with van der Waals surface area (Å²) in [5, 5.41) is 6.47. The van der Waals surface area contributed by atoms with E-state index >= 15 is 0 Å². The number of carbonyl (C=O) groups excluding carboxylic acids is 2. The van der Waals surface area contributed by atoms with E-state index in [1.165, 1.54) is 4.90 Å². The Morgan fingerprint density at radius 3 is 2.38 bits per heavy atom. The Morgan fingerprint density at radius 1 is 1.07 bits per heavy atom. The van der Waals surface area contributed by atoms with Gasteiger partial charge in [0.1, 0.15) is 6.54 Å². The van der Waals surface area contributed by atoms with E-state index in [2.05, 4.69) is 14.6 Å². The van der Waals surface area contributed by atoms with E-state index in [4.69, 9.17) is 0 Å². The molecule has 0 saturated carbocycles. The molecule has 4 rings (SSSR count). The van der Waals surface area contributed by atoms with E-state index in [9.17, 15) is 22.8 Å². The number of piperidine rings is 1. The molecule has 8 nitrogen and oxygen atoms in total. The molecule has 29 heavy (non-hydrogen) atoms. The van der Waals surface area contributed by atoms with E-state index < -0.39 is 12.1 Å². The van der Waals surface area contributed by atoms with Crippen molar-refractivity contribution in [3.05, 3.63) is 42.1 Å². The number of para-hydroxylation sites is 1. The molecule has 2 fully saturated rings. The van der Waals surface area contributed by atoms with Gasteiger partial charge in [-0.3, -0.25) is 9.69 Å². The lowest BCUT2D eigenvalue weighted by molar-refractivity contribution is -0.157. The fourth-order valence-corrected chi connectivity index (χ4v) is 3.65. The number of benzene rings is 1. The molecule has 1 aromatic heterocycles. The standard InChI is InChI=1S/C18H18F3N5O3/c19-18(20,21)16-23-22-14(29-16)10-24-8-6-12(7-9-24)25-11-15(27)26(17(25)28)13-4-2-1-3-5-13/h1-5,12H,6-11H2. The van der Waals surface area contributed by atoms with Gasteiger partial charge in [-0.15, -0.1) is 10.2 Å². The first-order chi connectivity index (χ1) is 13.8. The Bertz CT molecular complexity index is 894. The highest BCUT2D eigenvalue weighted by Gasteiger charge is 2.42. The summed E-state index contributed by atoms with van der Waals surface area (Å²) in [7, 11) is 0. The minimum Gasteiger partial charge on any atom is -0.416 e. The number of amides is 3. The average Bonchev–Trinajstić information content (AvgIpc) is 3.27. The minimum absolute atomic E-state index is 0.0248. The molecule has 0 radical (unpaired) electrons. The van der Waals surface area contributed by atoms with Crippen LogP contribution in [0.15, 0.2) is 34.7 Å². The second-order valence-electron chi connectivity index (χ2n) is 6.98. The molecule has 0 spiro atoms. The van der Waals surface area contributed by atoms with E-state index in [-0.39, 0.29) is 37.0 Å². The normalized spacial score (nSPS) is 19.4. The molecule has 2 aromatic rings. The number of imide groups is 1. The van der Waals surface area contributed by atoms with Crippen molar-refractivity contribution < 1.29 is 27.2 Å². The molecule has 11 heteroatoms. The SMILES string of the molecule is O=C1CN(C2CCN(Cc3nnc(C(F)(F)F)o3)CC2)C(=O)N1c1ccccc1. The molecular formula is C18H18F3N5O3. The number of rotatable bonds is 4. The van der Waals surface area contributed by atoms with E-state index in [0.717, 1.165) is 0 Å². The lowest BCUT2D eigenvalue weighted by Gasteiger charge is -2.35. The molecule has 2 saturated heterocycles. The number of halogens is 3. The number of urea groups is 1. The monoisotopic (exact) mass is 409 g/mol. The van der Waals surface area contributed by atoms with Gasteiger partial charge in [0.05, 0.1) is 12.2 Å². The van der Waals surface area contributed by atoms with Crippen molar-refractivity contribution in [1.29, 1.82) is 0 Å². The quantitative estimate of drug-likeness (QED) is 0.722. The summed E-state index contributed by atoms with van der Waals surface area (Å²) < 4.78 is 42.3. The highest BCUT2D eigenvalue weighted by atomic mass is 19.4. The van der Waals surface area contributed by atoms with Gasteiger partial charge in [-0.25, -0.2) is 9.69 Å². The van der Waals surface area contributed by atoms with Gasteiger partial charge >= 0.3 is 18.1 Å². The molecule has 2 aliphatic heterocycles. The fraction of sp³-hybridized carbons (Fsp3) is 0.444. The van der Waals surface area contributed by atoms with Crippen molar-refractivity contribution in [2.24, 2.45) is 0 Å². The Balaban J connectivity index is 1.34. The zero-order valence-electron chi connectivity index (χ0n) is 15.3. The van der Waals surface area contributed by atoms with Crippen LogP contribution in [0, 0.1) is 0 Å². The van der Waals surface area contributed by atoms with Crippen LogP contribution in [0.1, 0.15) is 24.6 Å². The third-order valence-corrected chi connectivity index (χ3v) is 5.07. The highest BCUT2D eigenvalue weighted by molar-refractivity contribution is 6.19. The highest BCUT2D eigenvalue weighted by Crippen LogP contribution is 2.29. The first-order valence-electron chi connectivity index (χ1n) is 9.13. The van der Waals surface area contributed by atoms with Crippen LogP contribution < -0.4 is 4.90 Å². The molecule has 1 aromatic carbocycles. The zero-order chi connectivity index (χ0) is 20.6. The number of hydrogen-bond acceptors (Lipinski definition) is 6. The van der Waals surface area contributed by atoms with Crippen LogP contribution >= 0.6 is 0 Å². The van der Waals surface area contributed by atoms with Gasteiger partial charge in [0, 0.05) is 19.1 Å². The number of alkyl halides is 3. The second-order valence-corrected chi connectivity index (χ2v) is 6.98. The van der Waals surface area contributed by atoms with Gasteiger partial charge in [-0.1, -0.05) is 18.2 Å². The van der Waals surface area contributed by atoms with Crippen molar-refractivity contribution in [3.63, 3.8) is 0 Å². The molecule has 3 amide bonds. The molecule has 0 atom stereocenters. The molecular weight excluding hydrogens is 391 g/mol. The summed E-state index contributed by atoms with van der Waals surface area (Å²) in [5.74, 6) is -1.72. The molecule has 0 aliphatic carbocycles. The Morgan fingerprint density at radius 2 is 1.76 bits per heavy atom. The van der Waals surface area contributed by atoms with Crippen LogP contribution in [-0.4, -0.2) is 57.6 Å². The van der Waals surface area contributed by atoms with E-state index in [1.807, 2.05) is 11.0 Å². The summed E-state index contributed by atoms with van der Waals surface area (Å²) in [4.78, 5) is 29.8. The zero-order valence-corrected chi connectivity index (χ0v) is 15.3. The van der Waals surface area contributed by atoms with Crippen molar-refractivity contribution in [1.82, 2.24) is 20.0 Å². The second kappa shape index (κ2) is 7.47. The molecule has 154 valence electrons. The predicted molar refractivity (Wildman–Crippen MR) is 93.6 cm³/mol. The minimum atomic E-state index is -4.66. The number of hydrogen-bond donors (Lipinski definition) is 0. The third kappa shape index (κ3) is 3.95. The van der Waals surface area contributed by atoms with Crippen LogP contribution in [0.4, 0.5) is 23.7 Å². The largest absolute Gasteiger partial charge is 0.470 e. The molecule has 0 unspecified atom stereocenters. The number of likely N-dealkylation sites (tertiary alicyclic amines) is 1. The van der Waals surface area contributed by atoms with Crippen LogP contribution in [0.25, 0.3) is 0 Å². The maximum absolute atomic E-state index is 12.8. The average molecular weight is 409 g/mol. The Labute approximate surface area is 163 Å².